The SMILES string of the molecule is OCc1cnc2c(c1)CCN2S. The summed E-state index contributed by atoms with van der Waals surface area (Å²) in [5, 5.41) is 8.86. The number of rotatable bonds is 1. The van der Waals surface area contributed by atoms with Gasteiger partial charge in [0.1, 0.15) is 5.82 Å². The Labute approximate surface area is 76.6 Å². The second-order valence-electron chi connectivity index (χ2n) is 2.86. The predicted molar refractivity (Wildman–Crippen MR) is 50.2 cm³/mol. The lowest BCUT2D eigenvalue weighted by atomic mass is 10.2. The first-order valence-electron chi connectivity index (χ1n) is 3.86. The summed E-state index contributed by atoms with van der Waals surface area (Å²) in [6.45, 7) is 0.965. The van der Waals surface area contributed by atoms with E-state index in [2.05, 4.69) is 17.8 Å². The second kappa shape index (κ2) is 2.95. The molecule has 1 N–H and O–H groups in total. The first kappa shape index (κ1) is 7.89. The van der Waals surface area contributed by atoms with Crippen LogP contribution in [0.1, 0.15) is 11.1 Å². The summed E-state index contributed by atoms with van der Waals surface area (Å²) in [6, 6.07) is 1.98. The molecule has 1 aliphatic heterocycles. The van der Waals surface area contributed by atoms with Crippen LogP contribution in [0.4, 0.5) is 5.82 Å². The number of hydrogen-bond donors (Lipinski definition) is 2. The van der Waals surface area contributed by atoms with Crippen LogP contribution in [-0.4, -0.2) is 16.6 Å². The molecule has 1 aromatic rings. The lowest BCUT2D eigenvalue weighted by Gasteiger charge is -2.08. The van der Waals surface area contributed by atoms with Crippen LogP contribution < -0.4 is 4.31 Å². The minimum atomic E-state index is 0.0624. The van der Waals surface area contributed by atoms with Crippen LogP contribution in [0.5, 0.6) is 0 Å². The van der Waals surface area contributed by atoms with Gasteiger partial charge in [-0.05, 0) is 23.6 Å². The molecule has 1 aromatic heterocycles. The largest absolute Gasteiger partial charge is 0.392 e. The molecule has 12 heavy (non-hydrogen) atoms. The quantitative estimate of drug-likeness (QED) is 0.630. The van der Waals surface area contributed by atoms with E-state index in [1.54, 1.807) is 6.20 Å². The minimum Gasteiger partial charge on any atom is -0.392 e. The maximum Gasteiger partial charge on any atom is 0.141 e. The van der Waals surface area contributed by atoms with Crippen molar-refractivity contribution in [3.63, 3.8) is 0 Å². The van der Waals surface area contributed by atoms with Crippen LogP contribution in [0.25, 0.3) is 0 Å². The standard InChI is InChI=1S/C8H10N2OS/c11-5-6-3-7-1-2-10(12)8(7)9-4-6/h3-4,11-12H,1-2,5H2. The van der Waals surface area contributed by atoms with E-state index in [4.69, 9.17) is 5.11 Å². The van der Waals surface area contributed by atoms with Crippen LogP contribution in [0.15, 0.2) is 12.3 Å². The zero-order valence-electron chi connectivity index (χ0n) is 6.56. The first-order chi connectivity index (χ1) is 5.81. The molecule has 0 saturated carbocycles. The minimum absolute atomic E-state index is 0.0624. The van der Waals surface area contributed by atoms with Crippen molar-refractivity contribution < 1.29 is 5.11 Å². The van der Waals surface area contributed by atoms with Gasteiger partial charge in [0.2, 0.25) is 0 Å². The van der Waals surface area contributed by atoms with Gasteiger partial charge in [0, 0.05) is 12.7 Å². The third-order valence-electron chi connectivity index (χ3n) is 2.02. The maximum atomic E-state index is 8.86. The Morgan fingerprint density at radius 2 is 2.50 bits per heavy atom. The van der Waals surface area contributed by atoms with Crippen LogP contribution in [-0.2, 0) is 13.0 Å². The molecule has 0 spiro atoms. The van der Waals surface area contributed by atoms with E-state index < -0.39 is 0 Å². The number of fused-ring (bicyclic) bond motifs is 1. The van der Waals surface area contributed by atoms with Gasteiger partial charge in [0.15, 0.2) is 0 Å². The average Bonchev–Trinajstić information content (AvgIpc) is 2.47. The Bertz CT molecular complexity index is 303. The highest BCUT2D eigenvalue weighted by molar-refractivity contribution is 7.81. The molecule has 0 radical (unpaired) electrons. The highest BCUT2D eigenvalue weighted by atomic mass is 32.1. The third-order valence-corrected chi connectivity index (χ3v) is 2.41. The van der Waals surface area contributed by atoms with Gasteiger partial charge in [-0.25, -0.2) is 4.98 Å². The van der Waals surface area contributed by atoms with E-state index in [-0.39, 0.29) is 6.61 Å². The summed E-state index contributed by atoms with van der Waals surface area (Å²) >= 11 is 4.24. The van der Waals surface area contributed by atoms with E-state index in [0.717, 1.165) is 24.3 Å². The summed E-state index contributed by atoms with van der Waals surface area (Å²) in [5.74, 6) is 0.926. The van der Waals surface area contributed by atoms with Gasteiger partial charge >= 0.3 is 0 Å². The Kier molecular flexibility index (Phi) is 1.94. The summed E-state index contributed by atoms with van der Waals surface area (Å²) < 4.78 is 1.83. The summed E-state index contributed by atoms with van der Waals surface area (Å²) in [4.78, 5) is 4.20. The lowest BCUT2D eigenvalue weighted by Crippen LogP contribution is -2.06. The zero-order valence-corrected chi connectivity index (χ0v) is 7.46. The molecular weight excluding hydrogens is 172 g/mol. The monoisotopic (exact) mass is 182 g/mol. The molecule has 64 valence electrons. The number of aliphatic hydroxyl groups is 1. The molecule has 1 aliphatic rings. The molecular formula is C8H10N2OS. The third kappa shape index (κ3) is 1.17. The molecule has 0 aliphatic carbocycles. The number of thiol groups is 1. The van der Waals surface area contributed by atoms with Crippen LogP contribution in [0.3, 0.4) is 0 Å². The Hall–Kier alpha value is -0.740. The van der Waals surface area contributed by atoms with Crippen molar-refractivity contribution in [2.24, 2.45) is 0 Å². The van der Waals surface area contributed by atoms with Crippen molar-refractivity contribution in [2.75, 3.05) is 10.8 Å². The fraction of sp³-hybridized carbons (Fsp3) is 0.375. The number of pyridine rings is 1. The van der Waals surface area contributed by atoms with Crippen molar-refractivity contribution in [1.29, 1.82) is 0 Å². The van der Waals surface area contributed by atoms with E-state index in [1.165, 1.54) is 5.56 Å². The molecule has 0 aromatic carbocycles. The first-order valence-corrected chi connectivity index (χ1v) is 4.26. The Morgan fingerprint density at radius 1 is 1.67 bits per heavy atom. The highest BCUT2D eigenvalue weighted by Crippen LogP contribution is 2.26. The second-order valence-corrected chi connectivity index (χ2v) is 3.34. The van der Waals surface area contributed by atoms with E-state index >= 15 is 0 Å². The number of nitrogens with zero attached hydrogens (tertiary/aromatic N) is 2. The van der Waals surface area contributed by atoms with Crippen LogP contribution >= 0.6 is 12.8 Å². The normalized spacial score (nSPS) is 15.0. The molecule has 2 rings (SSSR count). The zero-order chi connectivity index (χ0) is 8.55. The predicted octanol–water partition coefficient (Wildman–Crippen LogP) is 0.781. The van der Waals surface area contributed by atoms with Gasteiger partial charge in [-0.3, -0.25) is 0 Å². The van der Waals surface area contributed by atoms with Gasteiger partial charge in [0.05, 0.1) is 6.61 Å². The van der Waals surface area contributed by atoms with Crippen molar-refractivity contribution in [3.05, 3.63) is 23.4 Å². The molecule has 0 unspecified atom stereocenters. The number of aromatic nitrogens is 1. The molecule has 0 fully saturated rings. The number of anilines is 1. The van der Waals surface area contributed by atoms with Crippen molar-refractivity contribution in [2.45, 2.75) is 13.0 Å². The maximum absolute atomic E-state index is 8.86. The summed E-state index contributed by atoms with van der Waals surface area (Å²) in [6.07, 6.45) is 2.66. The van der Waals surface area contributed by atoms with Gasteiger partial charge in [-0.2, -0.15) is 0 Å². The van der Waals surface area contributed by atoms with Crippen LogP contribution in [0, 0.1) is 0 Å². The van der Waals surface area contributed by atoms with Gasteiger partial charge in [0.25, 0.3) is 0 Å². The van der Waals surface area contributed by atoms with Gasteiger partial charge < -0.3 is 9.41 Å². The molecule has 2 heterocycles. The average molecular weight is 182 g/mol. The van der Waals surface area contributed by atoms with E-state index in [9.17, 15) is 0 Å². The fourth-order valence-corrected chi connectivity index (χ4v) is 1.67. The van der Waals surface area contributed by atoms with Gasteiger partial charge in [-0.15, -0.1) is 0 Å². The smallest absolute Gasteiger partial charge is 0.141 e. The highest BCUT2D eigenvalue weighted by Gasteiger charge is 2.17. The molecule has 0 bridgehead atoms. The van der Waals surface area contributed by atoms with Gasteiger partial charge in [-0.1, -0.05) is 12.8 Å². The van der Waals surface area contributed by atoms with Crippen molar-refractivity contribution >= 4 is 18.6 Å². The van der Waals surface area contributed by atoms with E-state index in [1.807, 2.05) is 10.4 Å². The van der Waals surface area contributed by atoms with Crippen molar-refractivity contribution in [1.82, 2.24) is 4.98 Å². The summed E-state index contributed by atoms with van der Waals surface area (Å²) in [5.41, 5.74) is 2.05. The van der Waals surface area contributed by atoms with Crippen molar-refractivity contribution in [3.8, 4) is 0 Å². The Balaban J connectivity index is 2.41. The number of aliphatic hydroxyl groups excluding tert-OH is 1. The molecule has 0 saturated heterocycles. The molecule has 4 heteroatoms. The summed E-state index contributed by atoms with van der Waals surface area (Å²) in [7, 11) is 0. The number of hydrogen-bond acceptors (Lipinski definition) is 4. The molecule has 3 nitrogen and oxygen atoms in total. The fourth-order valence-electron chi connectivity index (χ4n) is 1.39. The van der Waals surface area contributed by atoms with E-state index in [0.29, 0.717) is 0 Å². The lowest BCUT2D eigenvalue weighted by molar-refractivity contribution is 0.281. The Morgan fingerprint density at radius 3 is 3.25 bits per heavy atom. The molecule has 0 atom stereocenters. The van der Waals surface area contributed by atoms with Crippen LogP contribution in [0.2, 0.25) is 0 Å². The molecule has 0 amide bonds. The topological polar surface area (TPSA) is 36.4 Å².